The van der Waals surface area contributed by atoms with Gasteiger partial charge in [-0.2, -0.15) is 0 Å². The number of hydrogen-bond acceptors (Lipinski definition) is 3. The van der Waals surface area contributed by atoms with Crippen LogP contribution in [0, 0.1) is 0 Å². The Morgan fingerprint density at radius 3 is 1.75 bits per heavy atom. The van der Waals surface area contributed by atoms with Crippen molar-refractivity contribution in [2.24, 2.45) is 0 Å². The Kier molecular flexibility index (Phi) is 14.8. The van der Waals surface area contributed by atoms with Crippen LogP contribution in [0.4, 0.5) is 0 Å². The molecule has 0 aromatic carbocycles. The van der Waals surface area contributed by atoms with Gasteiger partial charge in [-0.05, 0) is 12.8 Å². The summed E-state index contributed by atoms with van der Waals surface area (Å²) >= 11 is 0. The smallest absolute Gasteiger partial charge is 0.0844 e. The fourth-order valence-electron chi connectivity index (χ4n) is 1.54. The standard InChI is InChI=1S/C13H28O3/c1-2-3-4-5-6-7-8-9-12-15-16-13-10-11-14/h14H,2-13H2,1H3. The third-order valence-electron chi connectivity index (χ3n) is 2.55. The van der Waals surface area contributed by atoms with Crippen molar-refractivity contribution in [3.63, 3.8) is 0 Å². The molecule has 0 aliphatic carbocycles. The van der Waals surface area contributed by atoms with Gasteiger partial charge in [-0.15, -0.1) is 0 Å². The van der Waals surface area contributed by atoms with Crippen LogP contribution >= 0.6 is 0 Å². The largest absolute Gasteiger partial charge is 0.396 e. The average molecular weight is 232 g/mol. The van der Waals surface area contributed by atoms with E-state index in [-0.39, 0.29) is 6.61 Å². The lowest BCUT2D eigenvalue weighted by atomic mass is 10.1. The summed E-state index contributed by atoms with van der Waals surface area (Å²) in [7, 11) is 0. The van der Waals surface area contributed by atoms with Crippen LogP contribution in [0.1, 0.15) is 64.7 Å². The lowest BCUT2D eigenvalue weighted by molar-refractivity contribution is -0.295. The third kappa shape index (κ3) is 13.9. The summed E-state index contributed by atoms with van der Waals surface area (Å²) in [5.74, 6) is 0. The first-order valence-electron chi connectivity index (χ1n) is 6.77. The zero-order chi connectivity index (χ0) is 11.9. The lowest BCUT2D eigenvalue weighted by Gasteiger charge is -2.03. The molecule has 0 saturated carbocycles. The minimum atomic E-state index is 0.168. The number of hydrogen-bond donors (Lipinski definition) is 1. The molecule has 0 radical (unpaired) electrons. The average Bonchev–Trinajstić information content (AvgIpc) is 2.31. The maximum absolute atomic E-state index is 8.49. The molecule has 0 spiro atoms. The van der Waals surface area contributed by atoms with Crippen molar-refractivity contribution in [3.05, 3.63) is 0 Å². The molecule has 3 heteroatoms. The molecule has 0 aliphatic rings. The van der Waals surface area contributed by atoms with Crippen LogP contribution in [-0.4, -0.2) is 24.9 Å². The summed E-state index contributed by atoms with van der Waals surface area (Å²) in [5, 5.41) is 8.49. The van der Waals surface area contributed by atoms with E-state index in [4.69, 9.17) is 14.9 Å². The molecule has 0 rings (SSSR count). The summed E-state index contributed by atoms with van der Waals surface area (Å²) in [6, 6.07) is 0. The Labute approximate surface area is 100 Å². The Morgan fingerprint density at radius 2 is 1.19 bits per heavy atom. The normalized spacial score (nSPS) is 10.9. The van der Waals surface area contributed by atoms with Crippen molar-refractivity contribution < 1.29 is 14.9 Å². The van der Waals surface area contributed by atoms with E-state index in [1.54, 1.807) is 0 Å². The van der Waals surface area contributed by atoms with E-state index in [0.717, 1.165) is 6.42 Å². The molecule has 3 nitrogen and oxygen atoms in total. The van der Waals surface area contributed by atoms with Crippen molar-refractivity contribution in [1.29, 1.82) is 0 Å². The Hall–Kier alpha value is -0.120. The summed E-state index contributed by atoms with van der Waals surface area (Å²) in [6.45, 7) is 3.59. The molecule has 0 amide bonds. The maximum atomic E-state index is 8.49. The molecule has 0 atom stereocenters. The van der Waals surface area contributed by atoms with Crippen LogP contribution in [0.3, 0.4) is 0 Å². The Bertz CT molecular complexity index is 104. The first kappa shape index (κ1) is 15.9. The molecular formula is C13H28O3. The molecule has 0 aromatic heterocycles. The highest BCUT2D eigenvalue weighted by molar-refractivity contribution is 4.45. The van der Waals surface area contributed by atoms with E-state index in [9.17, 15) is 0 Å². The van der Waals surface area contributed by atoms with E-state index in [0.29, 0.717) is 19.6 Å². The van der Waals surface area contributed by atoms with Crippen molar-refractivity contribution in [3.8, 4) is 0 Å². The van der Waals surface area contributed by atoms with Crippen LogP contribution in [0.5, 0.6) is 0 Å². The van der Waals surface area contributed by atoms with Gasteiger partial charge in [0.25, 0.3) is 0 Å². The third-order valence-corrected chi connectivity index (χ3v) is 2.55. The quantitative estimate of drug-likeness (QED) is 0.300. The maximum Gasteiger partial charge on any atom is 0.0844 e. The summed E-state index contributed by atoms with van der Waals surface area (Å²) in [5.41, 5.74) is 0. The van der Waals surface area contributed by atoms with Gasteiger partial charge in [0.15, 0.2) is 0 Å². The van der Waals surface area contributed by atoms with Crippen LogP contribution in [0.2, 0.25) is 0 Å². The Morgan fingerprint density at radius 1 is 0.688 bits per heavy atom. The van der Waals surface area contributed by atoms with E-state index >= 15 is 0 Å². The number of unbranched alkanes of at least 4 members (excludes halogenated alkanes) is 7. The SMILES string of the molecule is CCCCCCCCCCOOCCCO. The highest BCUT2D eigenvalue weighted by Gasteiger charge is 1.92. The second kappa shape index (κ2) is 14.9. The molecule has 16 heavy (non-hydrogen) atoms. The first-order chi connectivity index (χ1) is 7.91. The lowest BCUT2D eigenvalue weighted by Crippen LogP contribution is -2.00. The minimum absolute atomic E-state index is 0.168. The molecule has 0 aromatic rings. The van der Waals surface area contributed by atoms with Gasteiger partial charge in [-0.25, -0.2) is 9.78 Å². The fourth-order valence-corrected chi connectivity index (χ4v) is 1.54. The van der Waals surface area contributed by atoms with E-state index in [1.807, 2.05) is 0 Å². The second-order valence-corrected chi connectivity index (χ2v) is 4.20. The highest BCUT2D eigenvalue weighted by atomic mass is 17.2. The molecule has 0 unspecified atom stereocenters. The van der Waals surface area contributed by atoms with Gasteiger partial charge in [0.1, 0.15) is 0 Å². The number of aliphatic hydroxyl groups is 1. The van der Waals surface area contributed by atoms with E-state index < -0.39 is 0 Å². The fraction of sp³-hybridized carbons (Fsp3) is 1.00. The minimum Gasteiger partial charge on any atom is -0.396 e. The summed E-state index contributed by atoms with van der Waals surface area (Å²) < 4.78 is 0. The van der Waals surface area contributed by atoms with Crippen molar-refractivity contribution in [2.45, 2.75) is 64.7 Å². The predicted octanol–water partition coefficient (Wildman–Crippen LogP) is 3.46. The molecule has 0 fully saturated rings. The van der Waals surface area contributed by atoms with Crippen LogP contribution in [-0.2, 0) is 9.78 Å². The van der Waals surface area contributed by atoms with Gasteiger partial charge in [0, 0.05) is 6.61 Å². The molecule has 1 N–H and O–H groups in total. The van der Waals surface area contributed by atoms with Gasteiger partial charge >= 0.3 is 0 Å². The topological polar surface area (TPSA) is 38.7 Å². The molecule has 0 aliphatic heterocycles. The van der Waals surface area contributed by atoms with Gasteiger partial charge < -0.3 is 5.11 Å². The highest BCUT2D eigenvalue weighted by Crippen LogP contribution is 2.08. The van der Waals surface area contributed by atoms with E-state index in [2.05, 4.69) is 6.92 Å². The molecule has 98 valence electrons. The zero-order valence-corrected chi connectivity index (χ0v) is 10.7. The zero-order valence-electron chi connectivity index (χ0n) is 10.7. The molecular weight excluding hydrogens is 204 g/mol. The van der Waals surface area contributed by atoms with Crippen molar-refractivity contribution in [1.82, 2.24) is 0 Å². The van der Waals surface area contributed by atoms with Crippen molar-refractivity contribution >= 4 is 0 Å². The van der Waals surface area contributed by atoms with Crippen LogP contribution in [0.25, 0.3) is 0 Å². The van der Waals surface area contributed by atoms with Gasteiger partial charge in [-0.1, -0.05) is 51.9 Å². The van der Waals surface area contributed by atoms with Gasteiger partial charge in [-0.3, -0.25) is 0 Å². The van der Waals surface area contributed by atoms with E-state index in [1.165, 1.54) is 44.9 Å². The van der Waals surface area contributed by atoms with Crippen LogP contribution < -0.4 is 0 Å². The first-order valence-corrected chi connectivity index (χ1v) is 6.77. The Balaban J connectivity index is 2.83. The van der Waals surface area contributed by atoms with Gasteiger partial charge in [0.05, 0.1) is 13.2 Å². The number of rotatable bonds is 13. The molecule has 0 bridgehead atoms. The van der Waals surface area contributed by atoms with Crippen molar-refractivity contribution in [2.75, 3.05) is 19.8 Å². The second-order valence-electron chi connectivity index (χ2n) is 4.20. The molecule has 0 saturated heterocycles. The molecule has 0 heterocycles. The van der Waals surface area contributed by atoms with Gasteiger partial charge in [0.2, 0.25) is 0 Å². The van der Waals surface area contributed by atoms with Crippen LogP contribution in [0.15, 0.2) is 0 Å². The predicted molar refractivity (Wildman–Crippen MR) is 66.2 cm³/mol. The number of aliphatic hydroxyl groups excluding tert-OH is 1. The summed E-state index contributed by atoms with van der Waals surface area (Å²) in [6.07, 6.45) is 11.1. The monoisotopic (exact) mass is 232 g/mol. The summed E-state index contributed by atoms with van der Waals surface area (Å²) in [4.78, 5) is 9.84.